The first-order valence-corrected chi connectivity index (χ1v) is 9.03. The van der Waals surface area contributed by atoms with Crippen LogP contribution in [-0.4, -0.2) is 28.2 Å². The number of aromatic nitrogens is 4. The van der Waals surface area contributed by atoms with E-state index in [-0.39, 0.29) is 4.90 Å². The first kappa shape index (κ1) is 17.2. The van der Waals surface area contributed by atoms with Gasteiger partial charge in [-0.15, -0.1) is 0 Å². The van der Waals surface area contributed by atoms with Crippen LogP contribution in [0.15, 0.2) is 52.2 Å². The molecule has 0 bridgehead atoms. The van der Waals surface area contributed by atoms with E-state index in [1.807, 2.05) is 0 Å². The number of nitrogens with one attached hydrogen (secondary N) is 1. The molecule has 1 aromatic heterocycles. The van der Waals surface area contributed by atoms with E-state index in [1.54, 1.807) is 31.2 Å². The second-order valence-electron chi connectivity index (χ2n) is 5.31. The zero-order valence-corrected chi connectivity index (χ0v) is 14.9. The maximum absolute atomic E-state index is 12.5. The smallest absolute Gasteiger partial charge is 0.280 e. The van der Waals surface area contributed by atoms with Crippen molar-refractivity contribution in [1.29, 1.82) is 0 Å². The lowest BCUT2D eigenvalue weighted by Crippen LogP contribution is -2.21. The number of benzene rings is 2. The fraction of sp³-hybridized carbons (Fsp3) is 0.133. The topological polar surface area (TPSA) is 98.9 Å². The molecule has 0 spiro atoms. The van der Waals surface area contributed by atoms with E-state index in [0.717, 1.165) is 9.36 Å². The molecule has 3 rings (SSSR count). The molecule has 0 unspecified atom stereocenters. The van der Waals surface area contributed by atoms with Crippen molar-refractivity contribution in [3.63, 3.8) is 0 Å². The summed E-state index contributed by atoms with van der Waals surface area (Å²) in [4.78, 5) is 11.9. The molecule has 130 valence electrons. The minimum Gasteiger partial charge on any atom is -0.280 e. The Morgan fingerprint density at radius 2 is 1.76 bits per heavy atom. The van der Waals surface area contributed by atoms with Gasteiger partial charge in [-0.05, 0) is 59.3 Å². The highest BCUT2D eigenvalue weighted by atomic mass is 35.5. The predicted octanol–water partition coefficient (Wildman–Crippen LogP) is 1.73. The third kappa shape index (κ3) is 3.28. The average molecular weight is 380 g/mol. The molecule has 10 heteroatoms. The van der Waals surface area contributed by atoms with Crippen molar-refractivity contribution in [3.05, 3.63) is 63.5 Å². The first-order valence-electron chi connectivity index (χ1n) is 7.17. The number of nitrogens with zero attached hydrogens (tertiary/aromatic N) is 4. The Morgan fingerprint density at radius 3 is 2.36 bits per heavy atom. The second-order valence-corrected chi connectivity index (χ2v) is 7.37. The molecule has 0 fully saturated rings. The van der Waals surface area contributed by atoms with Crippen molar-refractivity contribution in [1.82, 2.24) is 19.8 Å². The van der Waals surface area contributed by atoms with Crippen molar-refractivity contribution in [3.8, 4) is 5.69 Å². The highest BCUT2D eigenvalue weighted by Gasteiger charge is 2.18. The number of halogens is 1. The van der Waals surface area contributed by atoms with Gasteiger partial charge in [0, 0.05) is 17.8 Å². The first-order chi connectivity index (χ1) is 11.8. The van der Waals surface area contributed by atoms with Crippen molar-refractivity contribution in [2.24, 2.45) is 7.05 Å². The van der Waals surface area contributed by atoms with Gasteiger partial charge >= 0.3 is 5.69 Å². The highest BCUT2D eigenvalue weighted by Crippen LogP contribution is 2.25. The van der Waals surface area contributed by atoms with E-state index >= 15 is 0 Å². The molecule has 0 aliphatic rings. The molecule has 1 heterocycles. The molecule has 0 saturated carbocycles. The molecular formula is C15H14ClN5O3S. The summed E-state index contributed by atoms with van der Waals surface area (Å²) < 4.78 is 29.8. The Morgan fingerprint density at radius 1 is 1.08 bits per heavy atom. The molecule has 0 aliphatic carbocycles. The molecule has 1 N–H and O–H groups in total. The van der Waals surface area contributed by atoms with Crippen LogP contribution in [0.3, 0.4) is 0 Å². The lowest BCUT2D eigenvalue weighted by molar-refractivity contribution is 0.600. The van der Waals surface area contributed by atoms with Gasteiger partial charge in [-0.2, -0.15) is 9.36 Å². The van der Waals surface area contributed by atoms with E-state index in [4.69, 9.17) is 11.6 Å². The van der Waals surface area contributed by atoms with Crippen LogP contribution in [0.5, 0.6) is 0 Å². The molecule has 3 aromatic rings. The maximum Gasteiger partial charge on any atom is 0.368 e. The van der Waals surface area contributed by atoms with Gasteiger partial charge < -0.3 is 0 Å². The molecule has 0 saturated heterocycles. The van der Waals surface area contributed by atoms with Gasteiger partial charge in [0.1, 0.15) is 0 Å². The Labute approximate surface area is 148 Å². The van der Waals surface area contributed by atoms with Crippen LogP contribution >= 0.6 is 11.6 Å². The SMILES string of the molecule is Cc1c(Cl)cccc1S(=O)(=O)Nc1ccc(-n2nnn(C)c2=O)cc1. The number of hydrogen-bond acceptors (Lipinski definition) is 5. The van der Waals surface area contributed by atoms with Crippen LogP contribution in [0.25, 0.3) is 5.69 Å². The Bertz CT molecular complexity index is 1090. The normalized spacial score (nSPS) is 11.5. The minimum atomic E-state index is -3.78. The largest absolute Gasteiger partial charge is 0.368 e. The molecule has 25 heavy (non-hydrogen) atoms. The molecule has 0 radical (unpaired) electrons. The molecule has 2 aromatic carbocycles. The summed E-state index contributed by atoms with van der Waals surface area (Å²) in [5.74, 6) is 0. The van der Waals surface area contributed by atoms with Crippen LogP contribution in [0.4, 0.5) is 5.69 Å². The van der Waals surface area contributed by atoms with E-state index < -0.39 is 15.7 Å². The van der Waals surface area contributed by atoms with Gasteiger partial charge in [0.2, 0.25) is 0 Å². The van der Waals surface area contributed by atoms with Crippen LogP contribution in [0.1, 0.15) is 5.56 Å². The van der Waals surface area contributed by atoms with E-state index in [9.17, 15) is 13.2 Å². The monoisotopic (exact) mass is 379 g/mol. The summed E-state index contributed by atoms with van der Waals surface area (Å²) in [6.45, 7) is 1.64. The van der Waals surface area contributed by atoms with Gasteiger partial charge in [-0.25, -0.2) is 13.2 Å². The quantitative estimate of drug-likeness (QED) is 0.744. The molecular weight excluding hydrogens is 366 g/mol. The fourth-order valence-electron chi connectivity index (χ4n) is 2.24. The zero-order chi connectivity index (χ0) is 18.2. The summed E-state index contributed by atoms with van der Waals surface area (Å²) >= 11 is 5.99. The molecule has 0 atom stereocenters. The number of hydrogen-bond donors (Lipinski definition) is 1. The minimum absolute atomic E-state index is 0.106. The third-order valence-corrected chi connectivity index (χ3v) is 5.53. The van der Waals surface area contributed by atoms with Gasteiger partial charge in [0.25, 0.3) is 10.0 Å². The average Bonchev–Trinajstić information content (AvgIpc) is 2.90. The summed E-state index contributed by atoms with van der Waals surface area (Å²) in [6, 6.07) is 10.9. The van der Waals surface area contributed by atoms with Crippen LogP contribution in [0.2, 0.25) is 5.02 Å². The molecule has 8 nitrogen and oxygen atoms in total. The lowest BCUT2D eigenvalue weighted by atomic mass is 10.2. The number of rotatable bonds is 4. The maximum atomic E-state index is 12.5. The van der Waals surface area contributed by atoms with Crippen molar-refractivity contribution >= 4 is 27.3 Å². The zero-order valence-electron chi connectivity index (χ0n) is 13.3. The predicted molar refractivity (Wildman–Crippen MR) is 93.6 cm³/mol. The van der Waals surface area contributed by atoms with Crippen LogP contribution in [-0.2, 0) is 17.1 Å². The molecule has 0 aliphatic heterocycles. The van der Waals surface area contributed by atoms with Gasteiger partial charge in [0.05, 0.1) is 10.6 Å². The molecule has 0 amide bonds. The summed E-state index contributed by atoms with van der Waals surface area (Å²) in [5.41, 5.74) is 0.891. The van der Waals surface area contributed by atoms with Gasteiger partial charge in [0.15, 0.2) is 0 Å². The summed E-state index contributed by atoms with van der Waals surface area (Å²) in [7, 11) is -2.30. The number of anilines is 1. The van der Waals surface area contributed by atoms with Crippen molar-refractivity contribution in [2.75, 3.05) is 4.72 Å². The van der Waals surface area contributed by atoms with Crippen molar-refractivity contribution in [2.45, 2.75) is 11.8 Å². The number of sulfonamides is 1. The van der Waals surface area contributed by atoms with E-state index in [2.05, 4.69) is 15.1 Å². The highest BCUT2D eigenvalue weighted by molar-refractivity contribution is 7.92. The lowest BCUT2D eigenvalue weighted by Gasteiger charge is -2.11. The Kier molecular flexibility index (Phi) is 4.36. The van der Waals surface area contributed by atoms with Crippen LogP contribution in [0, 0.1) is 6.92 Å². The van der Waals surface area contributed by atoms with Crippen molar-refractivity contribution < 1.29 is 8.42 Å². The number of aryl methyl sites for hydroxylation is 1. The third-order valence-electron chi connectivity index (χ3n) is 3.59. The fourth-order valence-corrected chi connectivity index (χ4v) is 3.79. The second kappa shape index (κ2) is 6.34. The summed E-state index contributed by atoms with van der Waals surface area (Å²) in [5, 5.41) is 7.72. The van der Waals surface area contributed by atoms with E-state index in [1.165, 1.54) is 25.2 Å². The van der Waals surface area contributed by atoms with Gasteiger partial charge in [-0.1, -0.05) is 17.7 Å². The standard InChI is InChI=1S/C15H14ClN5O3S/c1-10-13(16)4-3-5-14(10)25(23,24)17-11-6-8-12(9-7-11)21-15(22)20(2)18-19-21/h3-9,17H,1-2H3. The summed E-state index contributed by atoms with van der Waals surface area (Å²) in [6.07, 6.45) is 0. The van der Waals surface area contributed by atoms with E-state index in [0.29, 0.717) is 22.0 Å². The van der Waals surface area contributed by atoms with Crippen LogP contribution < -0.4 is 10.4 Å². The number of tetrazole rings is 1. The van der Waals surface area contributed by atoms with Gasteiger partial charge in [-0.3, -0.25) is 4.72 Å². The Balaban J connectivity index is 1.90. The Hall–Kier alpha value is -2.65.